The predicted octanol–water partition coefficient (Wildman–Crippen LogP) is 3.68. The van der Waals surface area contributed by atoms with Crippen LogP contribution in [0.4, 0.5) is 5.82 Å². The summed E-state index contributed by atoms with van der Waals surface area (Å²) < 4.78 is 9.82. The van der Waals surface area contributed by atoms with Gasteiger partial charge in [-0.1, -0.05) is 18.4 Å². The van der Waals surface area contributed by atoms with Gasteiger partial charge in [-0.3, -0.25) is 4.79 Å². The van der Waals surface area contributed by atoms with Crippen LogP contribution in [0.15, 0.2) is 55.6 Å². The second-order valence-electron chi connectivity index (χ2n) is 9.57. The summed E-state index contributed by atoms with van der Waals surface area (Å²) in [5.74, 6) is 6.99. The highest BCUT2D eigenvalue weighted by Crippen LogP contribution is 2.37. The number of ether oxygens (including phenoxy) is 1. The number of rotatable bonds is 5. The highest BCUT2D eigenvalue weighted by Gasteiger charge is 2.36. The molecule has 4 heterocycles. The molecule has 8 nitrogen and oxygen atoms in total. The van der Waals surface area contributed by atoms with Crippen molar-refractivity contribution >= 4 is 33.7 Å². The van der Waals surface area contributed by atoms with Crippen LogP contribution in [0, 0.1) is 11.8 Å². The number of imidazole rings is 1. The van der Waals surface area contributed by atoms with Crippen molar-refractivity contribution in [2.45, 2.75) is 37.4 Å². The van der Waals surface area contributed by atoms with E-state index in [1.54, 1.807) is 13.3 Å². The van der Waals surface area contributed by atoms with E-state index in [1.807, 2.05) is 35.6 Å². The number of methoxy groups -OCH3 is 1. The summed E-state index contributed by atoms with van der Waals surface area (Å²) in [7, 11) is 1.66. The lowest BCUT2D eigenvalue weighted by Crippen LogP contribution is -2.37. The Morgan fingerprint density at radius 3 is 2.83 bits per heavy atom. The van der Waals surface area contributed by atoms with Gasteiger partial charge in [0.15, 0.2) is 0 Å². The number of fused-ring (bicyclic) bond motifs is 2. The Hall–Kier alpha value is -4.09. The first kappa shape index (κ1) is 22.4. The minimum absolute atomic E-state index is 0.0150. The maximum Gasteiger partial charge on any atom is 0.246 e. The lowest BCUT2D eigenvalue weighted by molar-refractivity contribution is -0.127. The van der Waals surface area contributed by atoms with Crippen LogP contribution in [-0.4, -0.2) is 56.2 Å². The van der Waals surface area contributed by atoms with Gasteiger partial charge in [-0.25, -0.2) is 9.97 Å². The monoisotopic (exact) mass is 480 g/mol. The number of hydrogen-bond donors (Lipinski definition) is 1. The Balaban J connectivity index is 1.36. The first-order chi connectivity index (χ1) is 17.6. The Kier molecular flexibility index (Phi) is 5.50. The number of aromatic nitrogens is 4. The van der Waals surface area contributed by atoms with Gasteiger partial charge < -0.3 is 24.5 Å². The SMILES string of the molecule is C=CC(=O)N1C[C@@H](n2cc(C#Cc3ccc4c(c3)ncn4C3CC3)c3c(N)nccc32)C[C@@H]1COC. The van der Waals surface area contributed by atoms with Crippen LogP contribution in [0.5, 0.6) is 0 Å². The van der Waals surface area contributed by atoms with Gasteiger partial charge in [0, 0.05) is 37.7 Å². The van der Waals surface area contributed by atoms with Gasteiger partial charge in [-0.2, -0.15) is 0 Å². The lowest BCUT2D eigenvalue weighted by Gasteiger charge is -2.22. The largest absolute Gasteiger partial charge is 0.383 e. The molecule has 0 spiro atoms. The van der Waals surface area contributed by atoms with Crippen LogP contribution in [0.3, 0.4) is 0 Å². The fraction of sp³-hybridized carbons (Fsp3) is 0.321. The zero-order chi connectivity index (χ0) is 24.8. The Bertz CT molecular complexity index is 1550. The van der Waals surface area contributed by atoms with Crippen molar-refractivity contribution in [2.24, 2.45) is 0 Å². The highest BCUT2D eigenvalue weighted by atomic mass is 16.5. The first-order valence-corrected chi connectivity index (χ1v) is 12.2. The maximum atomic E-state index is 12.5. The van der Waals surface area contributed by atoms with Crippen LogP contribution in [-0.2, 0) is 9.53 Å². The van der Waals surface area contributed by atoms with Crippen molar-refractivity contribution in [3.63, 3.8) is 0 Å². The summed E-state index contributed by atoms with van der Waals surface area (Å²) in [6.45, 7) is 4.70. The second-order valence-corrected chi connectivity index (χ2v) is 9.57. The number of likely N-dealkylation sites (tertiary alicyclic amines) is 1. The third-order valence-electron chi connectivity index (χ3n) is 7.23. The number of amides is 1. The molecule has 1 amide bonds. The van der Waals surface area contributed by atoms with Crippen molar-refractivity contribution in [3.8, 4) is 11.8 Å². The van der Waals surface area contributed by atoms with Gasteiger partial charge in [0.05, 0.1) is 52.5 Å². The number of pyridine rings is 1. The number of carbonyl (C=O) groups excluding carboxylic acids is 1. The first-order valence-electron chi connectivity index (χ1n) is 12.2. The van der Waals surface area contributed by atoms with Crippen molar-refractivity contribution in [3.05, 3.63) is 66.8 Å². The molecule has 36 heavy (non-hydrogen) atoms. The number of nitrogen functional groups attached to an aromatic ring is 1. The fourth-order valence-corrected chi connectivity index (χ4v) is 5.35. The van der Waals surface area contributed by atoms with Gasteiger partial charge in [0.25, 0.3) is 0 Å². The van der Waals surface area contributed by atoms with Crippen molar-refractivity contribution in [1.82, 2.24) is 24.0 Å². The molecule has 1 aliphatic heterocycles. The number of carbonyl (C=O) groups is 1. The Morgan fingerprint density at radius 2 is 2.06 bits per heavy atom. The van der Waals surface area contributed by atoms with Crippen LogP contribution in [0.1, 0.15) is 42.5 Å². The third kappa shape index (κ3) is 3.82. The number of nitrogens with two attached hydrogens (primary N) is 1. The fourth-order valence-electron chi connectivity index (χ4n) is 5.35. The molecule has 6 rings (SSSR count). The quantitative estimate of drug-likeness (QED) is 0.348. The second kappa shape index (κ2) is 8.85. The molecule has 2 fully saturated rings. The summed E-state index contributed by atoms with van der Waals surface area (Å²) in [6, 6.07) is 8.77. The van der Waals surface area contributed by atoms with Crippen LogP contribution >= 0.6 is 0 Å². The highest BCUT2D eigenvalue weighted by molar-refractivity contribution is 5.95. The number of anilines is 1. The Labute approximate surface area is 209 Å². The summed E-state index contributed by atoms with van der Waals surface area (Å²) >= 11 is 0. The van der Waals surface area contributed by atoms with Crippen molar-refractivity contribution < 1.29 is 9.53 Å². The Morgan fingerprint density at radius 1 is 1.19 bits per heavy atom. The molecular weight excluding hydrogens is 452 g/mol. The topological polar surface area (TPSA) is 91.2 Å². The summed E-state index contributed by atoms with van der Waals surface area (Å²) in [6.07, 6.45) is 10.3. The number of nitrogens with zero attached hydrogens (tertiary/aromatic N) is 5. The van der Waals surface area contributed by atoms with E-state index in [4.69, 9.17) is 10.5 Å². The molecule has 1 saturated heterocycles. The average Bonchev–Trinajstić information content (AvgIpc) is 3.33. The third-order valence-corrected chi connectivity index (χ3v) is 7.23. The number of hydrogen-bond acceptors (Lipinski definition) is 5. The summed E-state index contributed by atoms with van der Waals surface area (Å²) in [5, 5.41) is 0.834. The zero-order valence-corrected chi connectivity index (χ0v) is 20.2. The number of benzene rings is 1. The maximum absolute atomic E-state index is 12.5. The van der Waals surface area contributed by atoms with E-state index in [0.717, 1.165) is 39.5 Å². The lowest BCUT2D eigenvalue weighted by atomic mass is 10.1. The van der Waals surface area contributed by atoms with E-state index < -0.39 is 0 Å². The predicted molar refractivity (Wildman–Crippen MR) is 139 cm³/mol. The van der Waals surface area contributed by atoms with E-state index in [-0.39, 0.29) is 18.0 Å². The molecule has 3 aromatic heterocycles. The minimum Gasteiger partial charge on any atom is -0.383 e. The molecule has 0 unspecified atom stereocenters. The smallest absolute Gasteiger partial charge is 0.246 e. The van der Waals surface area contributed by atoms with Crippen LogP contribution in [0.25, 0.3) is 21.9 Å². The van der Waals surface area contributed by atoms with Gasteiger partial charge in [-0.05, 0) is 49.6 Å². The van der Waals surface area contributed by atoms with Crippen molar-refractivity contribution in [1.29, 1.82) is 0 Å². The van der Waals surface area contributed by atoms with Gasteiger partial charge in [-0.15, -0.1) is 0 Å². The standard InChI is InChI=1S/C28H28N6O2/c1-3-26(35)33-15-21(13-22(33)16-36-2)32-14-19(27-25(32)10-11-30-28(27)29)6-4-18-5-9-24-23(12-18)31-17-34(24)20-7-8-20/h3,5,9-12,14,17,20-22H,1,7-8,13,15-16H2,2H3,(H2,29,30)/t21-,22+/m0/s1. The molecular formula is C28H28N6O2. The van der Waals surface area contributed by atoms with Crippen molar-refractivity contribution in [2.75, 3.05) is 26.0 Å². The molecule has 182 valence electrons. The van der Waals surface area contributed by atoms with E-state index in [9.17, 15) is 4.79 Å². The van der Waals surface area contributed by atoms with E-state index in [0.29, 0.717) is 25.0 Å². The normalized spacial score (nSPS) is 19.5. The molecule has 0 bridgehead atoms. The minimum atomic E-state index is -0.0864. The molecule has 2 atom stereocenters. The zero-order valence-electron chi connectivity index (χ0n) is 20.2. The summed E-state index contributed by atoms with van der Waals surface area (Å²) in [5.41, 5.74) is 11.1. The van der Waals surface area contributed by atoms with Gasteiger partial charge >= 0.3 is 0 Å². The van der Waals surface area contributed by atoms with Crippen LogP contribution in [0.2, 0.25) is 0 Å². The summed E-state index contributed by atoms with van der Waals surface area (Å²) in [4.78, 5) is 23.2. The van der Waals surface area contributed by atoms with Crippen LogP contribution < -0.4 is 5.73 Å². The van der Waals surface area contributed by atoms with Gasteiger partial charge in [0.1, 0.15) is 5.82 Å². The van der Waals surface area contributed by atoms with E-state index in [2.05, 4.69) is 43.6 Å². The molecule has 1 saturated carbocycles. The van der Waals surface area contributed by atoms with E-state index in [1.165, 1.54) is 18.9 Å². The molecule has 1 aromatic carbocycles. The molecule has 4 aromatic rings. The van der Waals surface area contributed by atoms with Gasteiger partial charge in [0.2, 0.25) is 5.91 Å². The molecule has 2 N–H and O–H groups in total. The molecule has 2 aliphatic rings. The molecule has 8 heteroatoms. The van der Waals surface area contributed by atoms with E-state index >= 15 is 0 Å². The molecule has 0 radical (unpaired) electrons. The molecule has 1 aliphatic carbocycles. The average molecular weight is 481 g/mol.